The first-order valence-corrected chi connectivity index (χ1v) is 11.4. The number of carbonyl (C=O) groups excluding carboxylic acids is 1. The SMILES string of the molecule is CCOc1ccccc1OC1CCN(C(=O)C(C(C)C)n2cnc3cc(F)c(F)cc32)CC1. The van der Waals surface area contributed by atoms with Gasteiger partial charge >= 0.3 is 0 Å². The van der Waals surface area contributed by atoms with Crippen LogP contribution in [0.15, 0.2) is 42.7 Å². The molecular formula is C25H29F2N3O3. The van der Waals surface area contributed by atoms with Crippen molar-refractivity contribution in [3.05, 3.63) is 54.4 Å². The third-order valence-corrected chi connectivity index (χ3v) is 6.00. The van der Waals surface area contributed by atoms with Gasteiger partial charge in [0.2, 0.25) is 5.91 Å². The Morgan fingerprint density at radius 1 is 1.12 bits per heavy atom. The number of benzene rings is 2. The number of carbonyl (C=O) groups is 1. The molecule has 33 heavy (non-hydrogen) atoms. The van der Waals surface area contributed by atoms with Crippen molar-refractivity contribution in [1.82, 2.24) is 14.5 Å². The van der Waals surface area contributed by atoms with Gasteiger partial charge in [-0.2, -0.15) is 0 Å². The van der Waals surface area contributed by atoms with Gasteiger partial charge in [0.05, 0.1) is 24.0 Å². The lowest BCUT2D eigenvalue weighted by Crippen LogP contribution is -2.45. The monoisotopic (exact) mass is 457 g/mol. The first-order chi connectivity index (χ1) is 15.9. The van der Waals surface area contributed by atoms with Gasteiger partial charge in [-0.1, -0.05) is 26.0 Å². The molecule has 1 amide bonds. The summed E-state index contributed by atoms with van der Waals surface area (Å²) in [6.07, 6.45) is 2.87. The number of amides is 1. The Balaban J connectivity index is 1.47. The van der Waals surface area contributed by atoms with E-state index in [0.29, 0.717) is 55.1 Å². The van der Waals surface area contributed by atoms with Crippen LogP contribution in [0.3, 0.4) is 0 Å². The topological polar surface area (TPSA) is 56.6 Å². The Morgan fingerprint density at radius 3 is 2.45 bits per heavy atom. The molecule has 1 fully saturated rings. The highest BCUT2D eigenvalue weighted by Gasteiger charge is 2.33. The van der Waals surface area contributed by atoms with E-state index in [-0.39, 0.29) is 17.9 Å². The summed E-state index contributed by atoms with van der Waals surface area (Å²) in [4.78, 5) is 19.5. The molecule has 0 saturated carbocycles. The van der Waals surface area contributed by atoms with Crippen molar-refractivity contribution in [2.24, 2.45) is 5.92 Å². The zero-order valence-electron chi connectivity index (χ0n) is 19.1. The minimum absolute atomic E-state index is 0.0145. The largest absolute Gasteiger partial charge is 0.490 e. The van der Waals surface area contributed by atoms with Crippen LogP contribution in [0.1, 0.15) is 39.7 Å². The van der Waals surface area contributed by atoms with Crippen LogP contribution in [0.2, 0.25) is 0 Å². The summed E-state index contributed by atoms with van der Waals surface area (Å²) in [6.45, 7) is 7.48. The average Bonchev–Trinajstić information content (AvgIpc) is 3.18. The highest BCUT2D eigenvalue weighted by Crippen LogP contribution is 2.31. The molecule has 1 atom stereocenters. The number of para-hydroxylation sites is 2. The molecule has 1 aliphatic rings. The van der Waals surface area contributed by atoms with E-state index in [9.17, 15) is 13.6 Å². The number of rotatable bonds is 7. The van der Waals surface area contributed by atoms with E-state index in [2.05, 4.69) is 4.98 Å². The Kier molecular flexibility index (Phi) is 6.81. The van der Waals surface area contributed by atoms with E-state index < -0.39 is 17.7 Å². The van der Waals surface area contributed by atoms with Crippen molar-refractivity contribution in [3.63, 3.8) is 0 Å². The summed E-state index contributed by atoms with van der Waals surface area (Å²) >= 11 is 0. The van der Waals surface area contributed by atoms with E-state index >= 15 is 0 Å². The van der Waals surface area contributed by atoms with Crippen molar-refractivity contribution in [1.29, 1.82) is 0 Å². The molecule has 2 heterocycles. The van der Waals surface area contributed by atoms with Crippen LogP contribution in [-0.4, -0.2) is 46.2 Å². The van der Waals surface area contributed by atoms with Crippen molar-refractivity contribution in [3.8, 4) is 11.5 Å². The van der Waals surface area contributed by atoms with Crippen molar-refractivity contribution in [2.75, 3.05) is 19.7 Å². The number of ether oxygens (including phenoxy) is 2. The van der Waals surface area contributed by atoms with Crippen molar-refractivity contribution >= 4 is 16.9 Å². The van der Waals surface area contributed by atoms with Crippen LogP contribution in [0.5, 0.6) is 11.5 Å². The second-order valence-electron chi connectivity index (χ2n) is 8.62. The number of piperidine rings is 1. The number of halogens is 2. The predicted molar refractivity (Wildman–Crippen MR) is 121 cm³/mol. The molecular weight excluding hydrogens is 428 g/mol. The van der Waals surface area contributed by atoms with Gasteiger partial charge < -0.3 is 18.9 Å². The predicted octanol–water partition coefficient (Wildman–Crippen LogP) is 4.98. The van der Waals surface area contributed by atoms with Gasteiger partial charge in [0, 0.05) is 38.1 Å². The van der Waals surface area contributed by atoms with Gasteiger partial charge in [-0.25, -0.2) is 13.8 Å². The fraction of sp³-hybridized carbons (Fsp3) is 0.440. The maximum absolute atomic E-state index is 13.9. The van der Waals surface area contributed by atoms with Crippen LogP contribution < -0.4 is 9.47 Å². The first-order valence-electron chi connectivity index (χ1n) is 11.4. The zero-order valence-corrected chi connectivity index (χ0v) is 19.1. The van der Waals surface area contributed by atoms with Gasteiger partial charge in [-0.05, 0) is 25.0 Å². The molecule has 0 radical (unpaired) electrons. The molecule has 0 spiro atoms. The highest BCUT2D eigenvalue weighted by atomic mass is 19.2. The Bertz CT molecular complexity index is 1120. The van der Waals surface area contributed by atoms with Crippen molar-refractivity contribution in [2.45, 2.75) is 45.8 Å². The third-order valence-electron chi connectivity index (χ3n) is 6.00. The summed E-state index contributed by atoms with van der Waals surface area (Å²) in [7, 11) is 0. The maximum atomic E-state index is 13.9. The van der Waals surface area contributed by atoms with Crippen LogP contribution in [-0.2, 0) is 4.79 Å². The van der Waals surface area contributed by atoms with Gasteiger partial charge in [0.15, 0.2) is 23.1 Å². The standard InChI is InChI=1S/C25H29F2N3O3/c1-4-32-22-7-5-6-8-23(22)33-17-9-11-29(12-10-17)25(31)24(16(2)3)30-15-28-20-13-18(26)19(27)14-21(20)30/h5-8,13-17,24H,4,9-12H2,1-3H3. The minimum atomic E-state index is -0.954. The smallest absolute Gasteiger partial charge is 0.245 e. The molecule has 176 valence electrons. The molecule has 1 unspecified atom stereocenters. The van der Waals surface area contributed by atoms with E-state index in [1.807, 2.05) is 49.9 Å². The summed E-state index contributed by atoms with van der Waals surface area (Å²) in [5.74, 6) is -0.590. The van der Waals surface area contributed by atoms with Crippen LogP contribution in [0, 0.1) is 17.6 Å². The molecule has 0 aliphatic carbocycles. The Labute approximate surface area is 192 Å². The van der Waals surface area contributed by atoms with E-state index in [1.54, 1.807) is 4.57 Å². The van der Waals surface area contributed by atoms with Crippen LogP contribution >= 0.6 is 0 Å². The number of nitrogens with zero attached hydrogens (tertiary/aromatic N) is 3. The van der Waals surface area contributed by atoms with Crippen LogP contribution in [0.25, 0.3) is 11.0 Å². The number of hydrogen-bond donors (Lipinski definition) is 0. The van der Waals surface area contributed by atoms with Crippen LogP contribution in [0.4, 0.5) is 8.78 Å². The fourth-order valence-corrected chi connectivity index (χ4v) is 4.35. The fourth-order valence-electron chi connectivity index (χ4n) is 4.35. The zero-order chi connectivity index (χ0) is 23.5. The Morgan fingerprint density at radius 2 is 1.79 bits per heavy atom. The Hall–Kier alpha value is -3.16. The molecule has 6 nitrogen and oxygen atoms in total. The first kappa shape index (κ1) is 23.0. The lowest BCUT2D eigenvalue weighted by molar-refractivity contribution is -0.137. The number of imidazole rings is 1. The summed E-state index contributed by atoms with van der Waals surface area (Å²) < 4.78 is 41.0. The number of fused-ring (bicyclic) bond motifs is 1. The van der Waals surface area contributed by atoms with Crippen molar-refractivity contribution < 1.29 is 23.0 Å². The number of hydrogen-bond acceptors (Lipinski definition) is 4. The average molecular weight is 458 g/mol. The summed E-state index contributed by atoms with van der Waals surface area (Å²) in [6, 6.07) is 9.20. The molecule has 0 bridgehead atoms. The molecule has 3 aromatic rings. The molecule has 0 N–H and O–H groups in total. The second kappa shape index (κ2) is 9.77. The van der Waals surface area contributed by atoms with E-state index in [1.165, 1.54) is 6.33 Å². The quantitative estimate of drug-likeness (QED) is 0.502. The summed E-state index contributed by atoms with van der Waals surface area (Å²) in [5.41, 5.74) is 0.735. The lowest BCUT2D eigenvalue weighted by atomic mass is 10.00. The molecule has 4 rings (SSSR count). The molecule has 1 aromatic heterocycles. The molecule has 8 heteroatoms. The van der Waals surface area contributed by atoms with E-state index in [4.69, 9.17) is 9.47 Å². The second-order valence-corrected chi connectivity index (χ2v) is 8.62. The van der Waals surface area contributed by atoms with Gasteiger partial charge in [-0.3, -0.25) is 4.79 Å². The summed E-state index contributed by atoms with van der Waals surface area (Å²) in [5, 5.41) is 0. The number of aromatic nitrogens is 2. The number of likely N-dealkylation sites (tertiary alicyclic amines) is 1. The lowest BCUT2D eigenvalue weighted by Gasteiger charge is -2.35. The van der Waals surface area contributed by atoms with Gasteiger partial charge in [-0.15, -0.1) is 0 Å². The molecule has 2 aromatic carbocycles. The van der Waals surface area contributed by atoms with E-state index in [0.717, 1.165) is 12.1 Å². The normalized spacial score (nSPS) is 15.8. The highest BCUT2D eigenvalue weighted by molar-refractivity contribution is 5.84. The molecule has 1 saturated heterocycles. The minimum Gasteiger partial charge on any atom is -0.490 e. The molecule has 1 aliphatic heterocycles. The van der Waals surface area contributed by atoms with Gasteiger partial charge in [0.25, 0.3) is 0 Å². The van der Waals surface area contributed by atoms with Gasteiger partial charge in [0.1, 0.15) is 12.1 Å². The maximum Gasteiger partial charge on any atom is 0.245 e. The third kappa shape index (κ3) is 4.79.